The van der Waals surface area contributed by atoms with Crippen molar-refractivity contribution in [3.05, 3.63) is 88.2 Å². The third kappa shape index (κ3) is 4.98. The van der Waals surface area contributed by atoms with Crippen molar-refractivity contribution in [1.29, 1.82) is 0 Å². The lowest BCUT2D eigenvalue weighted by molar-refractivity contribution is 0.171. The van der Waals surface area contributed by atoms with Gasteiger partial charge in [-0.1, -0.05) is 30.3 Å². The fourth-order valence-electron chi connectivity index (χ4n) is 4.23. The van der Waals surface area contributed by atoms with Crippen LogP contribution in [0.4, 0.5) is 0 Å². The van der Waals surface area contributed by atoms with Crippen LogP contribution in [0.2, 0.25) is 0 Å². The van der Waals surface area contributed by atoms with Crippen LogP contribution in [0.25, 0.3) is 10.9 Å². The van der Waals surface area contributed by atoms with Crippen LogP contribution in [0.3, 0.4) is 0 Å². The molecule has 1 aromatic heterocycles. The van der Waals surface area contributed by atoms with Gasteiger partial charge in [-0.3, -0.25) is 4.79 Å². The van der Waals surface area contributed by atoms with Crippen LogP contribution >= 0.6 is 0 Å². The fourth-order valence-corrected chi connectivity index (χ4v) is 5.65. The van der Waals surface area contributed by atoms with Crippen molar-refractivity contribution in [3.63, 3.8) is 0 Å². The molecule has 0 amide bonds. The van der Waals surface area contributed by atoms with E-state index in [2.05, 4.69) is 4.98 Å². The summed E-state index contributed by atoms with van der Waals surface area (Å²) in [4.78, 5) is 15.9. The molecule has 0 saturated carbocycles. The Morgan fingerprint density at radius 2 is 1.57 bits per heavy atom. The van der Waals surface area contributed by atoms with Crippen molar-refractivity contribution in [2.45, 2.75) is 18.0 Å². The molecule has 0 spiro atoms. The summed E-state index contributed by atoms with van der Waals surface area (Å²) in [6.07, 6.45) is 0. The van der Waals surface area contributed by atoms with Gasteiger partial charge in [-0.25, -0.2) is 8.42 Å². The zero-order valence-corrected chi connectivity index (χ0v) is 21.2. The second-order valence-electron chi connectivity index (χ2n) is 8.48. The molecule has 1 aliphatic rings. The van der Waals surface area contributed by atoms with Crippen LogP contribution in [-0.2, 0) is 23.1 Å². The lowest BCUT2D eigenvalue weighted by Gasteiger charge is -2.24. The molecule has 0 aliphatic carbocycles. The molecule has 0 bridgehead atoms. The molecule has 192 valence electrons. The Kier molecular flexibility index (Phi) is 6.77. The molecule has 1 N–H and O–H groups in total. The van der Waals surface area contributed by atoms with Crippen LogP contribution in [0, 0.1) is 0 Å². The number of nitrogens with one attached hydrogen (secondary N) is 1. The normalized spacial score (nSPS) is 13.1. The first kappa shape index (κ1) is 24.7. The minimum atomic E-state index is -4.02. The Morgan fingerprint density at radius 1 is 0.865 bits per heavy atom. The van der Waals surface area contributed by atoms with Gasteiger partial charge in [0.15, 0.2) is 23.0 Å². The molecule has 4 aromatic rings. The highest BCUT2D eigenvalue weighted by atomic mass is 32.2. The number of hydrogen-bond donors (Lipinski definition) is 1. The van der Waals surface area contributed by atoms with Gasteiger partial charge < -0.3 is 23.9 Å². The van der Waals surface area contributed by atoms with Crippen molar-refractivity contribution in [2.24, 2.45) is 0 Å². The summed E-state index contributed by atoms with van der Waals surface area (Å²) in [6, 6.07) is 18.8. The molecule has 0 atom stereocenters. The van der Waals surface area contributed by atoms with E-state index in [0.717, 1.165) is 5.56 Å². The number of fused-ring (bicyclic) bond motifs is 2. The third-order valence-electron chi connectivity index (χ3n) is 6.13. The maximum atomic E-state index is 13.9. The maximum absolute atomic E-state index is 13.9. The summed E-state index contributed by atoms with van der Waals surface area (Å²) in [5.74, 6) is 1.84. The van der Waals surface area contributed by atoms with E-state index in [-0.39, 0.29) is 23.5 Å². The van der Waals surface area contributed by atoms with Crippen LogP contribution in [0.1, 0.15) is 11.1 Å². The van der Waals surface area contributed by atoms with Crippen molar-refractivity contribution >= 4 is 20.9 Å². The van der Waals surface area contributed by atoms with Crippen molar-refractivity contribution in [2.75, 3.05) is 27.4 Å². The second-order valence-corrected chi connectivity index (χ2v) is 10.4. The summed E-state index contributed by atoms with van der Waals surface area (Å²) in [7, 11) is -0.984. The number of aromatic amines is 1. The highest BCUT2D eigenvalue weighted by Crippen LogP contribution is 2.34. The van der Waals surface area contributed by atoms with E-state index >= 15 is 0 Å². The molecule has 3 aromatic carbocycles. The van der Waals surface area contributed by atoms with Crippen LogP contribution in [-0.4, -0.2) is 45.1 Å². The summed E-state index contributed by atoms with van der Waals surface area (Å²) in [5.41, 5.74) is 1.23. The Labute approximate surface area is 214 Å². The van der Waals surface area contributed by atoms with E-state index < -0.39 is 15.6 Å². The number of hydrogen-bond acceptors (Lipinski definition) is 7. The molecule has 0 unspecified atom stereocenters. The molecule has 37 heavy (non-hydrogen) atoms. The molecular weight excluding hydrogens is 496 g/mol. The van der Waals surface area contributed by atoms with E-state index in [1.54, 1.807) is 24.3 Å². The molecule has 0 saturated heterocycles. The van der Waals surface area contributed by atoms with E-state index in [1.807, 2.05) is 30.3 Å². The van der Waals surface area contributed by atoms with E-state index in [9.17, 15) is 13.2 Å². The second kappa shape index (κ2) is 10.2. The average Bonchev–Trinajstić information content (AvgIpc) is 2.92. The number of rotatable bonds is 8. The third-order valence-corrected chi connectivity index (χ3v) is 7.91. The maximum Gasteiger partial charge on any atom is 0.252 e. The number of aromatic nitrogens is 1. The van der Waals surface area contributed by atoms with Crippen molar-refractivity contribution in [3.8, 4) is 23.0 Å². The molecule has 1 aliphatic heterocycles. The molecule has 0 radical (unpaired) electrons. The minimum absolute atomic E-state index is 0.0521. The number of pyridine rings is 1. The van der Waals surface area contributed by atoms with Gasteiger partial charge in [0.2, 0.25) is 10.0 Å². The Morgan fingerprint density at radius 3 is 2.30 bits per heavy atom. The molecule has 0 fully saturated rings. The average molecular weight is 523 g/mol. The molecular formula is C27H26N2O7S. The predicted molar refractivity (Wildman–Crippen MR) is 138 cm³/mol. The summed E-state index contributed by atoms with van der Waals surface area (Å²) in [6.45, 7) is 0.665. The summed E-state index contributed by atoms with van der Waals surface area (Å²) < 4.78 is 50.9. The Hall–Kier alpha value is -4.02. The molecule has 9 nitrogen and oxygen atoms in total. The standard InChI is InChI=1S/C27H26N2O7S/c1-33-24-13-19-12-20(27(30)28-22(19)15-25(24)34-2)17-29(16-18-6-4-3-5-7-18)37(31,32)21-8-9-23-26(14-21)36-11-10-35-23/h3-9,12-15H,10-11,16-17H2,1-2H3,(H,28,30). The number of sulfonamides is 1. The van der Waals surface area contributed by atoms with Gasteiger partial charge in [-0.2, -0.15) is 4.31 Å². The van der Waals surface area contributed by atoms with Gasteiger partial charge in [0.1, 0.15) is 13.2 Å². The molecule has 5 rings (SSSR count). The highest BCUT2D eigenvalue weighted by molar-refractivity contribution is 7.89. The quantitative estimate of drug-likeness (QED) is 0.376. The van der Waals surface area contributed by atoms with Gasteiger partial charge in [0.05, 0.1) is 24.6 Å². The topological polar surface area (TPSA) is 107 Å². The zero-order valence-electron chi connectivity index (χ0n) is 20.4. The van der Waals surface area contributed by atoms with Crippen LogP contribution < -0.4 is 24.5 Å². The first-order valence-corrected chi connectivity index (χ1v) is 13.0. The molecule has 10 heteroatoms. The zero-order chi connectivity index (χ0) is 26.0. The first-order valence-electron chi connectivity index (χ1n) is 11.6. The predicted octanol–water partition coefficient (Wildman–Crippen LogP) is 3.71. The monoisotopic (exact) mass is 522 g/mol. The summed E-state index contributed by atoms with van der Waals surface area (Å²) >= 11 is 0. The smallest absolute Gasteiger partial charge is 0.252 e. The summed E-state index contributed by atoms with van der Waals surface area (Å²) in [5, 5.41) is 0.684. The van der Waals surface area contributed by atoms with Crippen molar-refractivity contribution in [1.82, 2.24) is 9.29 Å². The van der Waals surface area contributed by atoms with Crippen LogP contribution in [0.5, 0.6) is 23.0 Å². The number of H-pyrrole nitrogens is 1. The highest BCUT2D eigenvalue weighted by Gasteiger charge is 2.28. The van der Waals surface area contributed by atoms with E-state index in [1.165, 1.54) is 30.7 Å². The Bertz CT molecular complexity index is 1600. The molecule has 2 heterocycles. The van der Waals surface area contributed by atoms with Gasteiger partial charge in [-0.05, 0) is 29.8 Å². The number of benzene rings is 3. The van der Waals surface area contributed by atoms with Crippen LogP contribution in [0.15, 0.2) is 76.4 Å². The van der Waals surface area contributed by atoms with Crippen molar-refractivity contribution < 1.29 is 27.4 Å². The van der Waals surface area contributed by atoms with Gasteiger partial charge in [0, 0.05) is 36.2 Å². The van der Waals surface area contributed by atoms with E-state index in [0.29, 0.717) is 47.1 Å². The number of nitrogens with zero attached hydrogens (tertiary/aromatic N) is 1. The van der Waals surface area contributed by atoms with Gasteiger partial charge in [0.25, 0.3) is 5.56 Å². The number of ether oxygens (including phenoxy) is 4. The minimum Gasteiger partial charge on any atom is -0.493 e. The SMILES string of the molecule is COc1cc2cc(CN(Cc3ccccc3)S(=O)(=O)c3ccc4c(c3)OCCO4)c(=O)[nH]c2cc1OC. The fraction of sp³-hybridized carbons (Fsp3) is 0.222. The van der Waals surface area contributed by atoms with Gasteiger partial charge >= 0.3 is 0 Å². The largest absolute Gasteiger partial charge is 0.493 e. The lowest BCUT2D eigenvalue weighted by atomic mass is 10.1. The number of methoxy groups -OCH3 is 2. The van der Waals surface area contributed by atoms with Gasteiger partial charge in [-0.15, -0.1) is 0 Å². The lowest BCUT2D eigenvalue weighted by Crippen LogP contribution is -2.32. The first-order chi connectivity index (χ1) is 17.9. The van der Waals surface area contributed by atoms with E-state index in [4.69, 9.17) is 18.9 Å². The Balaban J connectivity index is 1.56.